The lowest BCUT2D eigenvalue weighted by Gasteiger charge is -2.07. The maximum atomic E-state index is 12.5. The van der Waals surface area contributed by atoms with Crippen LogP contribution >= 0.6 is 22.9 Å². The van der Waals surface area contributed by atoms with Gasteiger partial charge < -0.3 is 4.74 Å². The number of nitrogens with one attached hydrogen (secondary N) is 1. The molecular weight excluding hydrogens is 390 g/mol. The molecule has 1 aromatic heterocycles. The van der Waals surface area contributed by atoms with Gasteiger partial charge in [-0.05, 0) is 17.7 Å². The van der Waals surface area contributed by atoms with E-state index in [1.165, 1.54) is 36.6 Å². The van der Waals surface area contributed by atoms with Crippen LogP contribution in [0.4, 0.5) is 10.8 Å². The SMILES string of the molecule is COc1ccc([N+](=O)[O-])cc1C(=O)Nc1ncc(Cc2ccccc2Cl)s1. The molecule has 0 bridgehead atoms. The van der Waals surface area contributed by atoms with Gasteiger partial charge in [0.25, 0.3) is 11.6 Å². The molecule has 0 aliphatic rings. The van der Waals surface area contributed by atoms with Crippen LogP contribution in [0.3, 0.4) is 0 Å². The quantitative estimate of drug-likeness (QED) is 0.481. The molecule has 3 aromatic rings. The maximum Gasteiger partial charge on any atom is 0.270 e. The van der Waals surface area contributed by atoms with Crippen molar-refractivity contribution in [3.05, 3.63) is 79.8 Å². The number of nitro benzene ring substituents is 1. The fraction of sp³-hybridized carbons (Fsp3) is 0.111. The van der Waals surface area contributed by atoms with Crippen molar-refractivity contribution in [2.75, 3.05) is 12.4 Å². The van der Waals surface area contributed by atoms with Crippen molar-refractivity contribution in [1.29, 1.82) is 0 Å². The van der Waals surface area contributed by atoms with Crippen LogP contribution in [-0.4, -0.2) is 22.9 Å². The number of aromatic nitrogens is 1. The van der Waals surface area contributed by atoms with Crippen LogP contribution in [-0.2, 0) is 6.42 Å². The van der Waals surface area contributed by atoms with Crippen LogP contribution in [0.2, 0.25) is 5.02 Å². The summed E-state index contributed by atoms with van der Waals surface area (Å²) in [5.41, 5.74) is 0.829. The van der Waals surface area contributed by atoms with Gasteiger partial charge in [0.2, 0.25) is 0 Å². The van der Waals surface area contributed by atoms with Gasteiger partial charge in [-0.25, -0.2) is 4.98 Å². The number of hydrogen-bond donors (Lipinski definition) is 1. The fourth-order valence-corrected chi connectivity index (χ4v) is 3.46. The van der Waals surface area contributed by atoms with Crippen molar-refractivity contribution in [1.82, 2.24) is 4.98 Å². The summed E-state index contributed by atoms with van der Waals surface area (Å²) in [5.74, 6) is -0.292. The molecule has 0 fully saturated rings. The van der Waals surface area contributed by atoms with E-state index in [1.54, 1.807) is 6.20 Å². The molecule has 27 heavy (non-hydrogen) atoms. The number of ether oxygens (including phenoxy) is 1. The van der Waals surface area contributed by atoms with Crippen LogP contribution in [0.25, 0.3) is 0 Å². The minimum absolute atomic E-state index is 0.0644. The highest BCUT2D eigenvalue weighted by Gasteiger charge is 2.18. The molecule has 0 aliphatic carbocycles. The number of carbonyl (C=O) groups is 1. The van der Waals surface area contributed by atoms with Crippen LogP contribution in [0.15, 0.2) is 48.7 Å². The Bertz CT molecular complexity index is 1010. The number of hydrogen-bond acceptors (Lipinski definition) is 6. The first-order chi connectivity index (χ1) is 13.0. The van der Waals surface area contributed by atoms with Gasteiger partial charge in [0, 0.05) is 34.7 Å². The molecule has 3 rings (SSSR count). The lowest BCUT2D eigenvalue weighted by Crippen LogP contribution is -2.13. The van der Waals surface area contributed by atoms with E-state index in [4.69, 9.17) is 16.3 Å². The van der Waals surface area contributed by atoms with Gasteiger partial charge in [-0.15, -0.1) is 11.3 Å². The number of carbonyl (C=O) groups excluding carboxylic acids is 1. The first kappa shape index (κ1) is 18.8. The lowest BCUT2D eigenvalue weighted by atomic mass is 10.1. The molecule has 0 atom stereocenters. The molecule has 9 heteroatoms. The Hall–Kier alpha value is -2.97. The van der Waals surface area contributed by atoms with Crippen LogP contribution in [0, 0.1) is 10.1 Å². The number of rotatable bonds is 6. The Morgan fingerprint density at radius 3 is 2.81 bits per heavy atom. The number of amides is 1. The summed E-state index contributed by atoms with van der Waals surface area (Å²) in [6.45, 7) is 0. The third-order valence-corrected chi connectivity index (χ3v) is 5.02. The molecule has 1 N–H and O–H groups in total. The molecular formula is C18H14ClN3O4S. The highest BCUT2D eigenvalue weighted by Crippen LogP contribution is 2.27. The van der Waals surface area contributed by atoms with Gasteiger partial charge in [-0.3, -0.25) is 20.2 Å². The van der Waals surface area contributed by atoms with Crippen LogP contribution in [0.1, 0.15) is 20.8 Å². The lowest BCUT2D eigenvalue weighted by molar-refractivity contribution is -0.384. The zero-order valence-corrected chi connectivity index (χ0v) is 15.7. The first-order valence-corrected chi connectivity index (χ1v) is 8.99. The average Bonchev–Trinajstić information content (AvgIpc) is 3.09. The highest BCUT2D eigenvalue weighted by molar-refractivity contribution is 7.15. The van der Waals surface area contributed by atoms with Gasteiger partial charge in [-0.1, -0.05) is 29.8 Å². The number of halogens is 1. The van der Waals surface area contributed by atoms with Crippen molar-refractivity contribution in [3.8, 4) is 5.75 Å². The molecule has 0 saturated heterocycles. The number of benzene rings is 2. The van der Waals surface area contributed by atoms with E-state index >= 15 is 0 Å². The molecule has 0 spiro atoms. The van der Waals surface area contributed by atoms with E-state index in [1.807, 2.05) is 24.3 Å². The molecule has 0 unspecified atom stereocenters. The Morgan fingerprint density at radius 1 is 1.33 bits per heavy atom. The summed E-state index contributed by atoms with van der Waals surface area (Å²) < 4.78 is 5.12. The predicted molar refractivity (Wildman–Crippen MR) is 104 cm³/mol. The van der Waals surface area contributed by atoms with Crippen LogP contribution in [0.5, 0.6) is 5.75 Å². The number of anilines is 1. The summed E-state index contributed by atoms with van der Waals surface area (Å²) in [6.07, 6.45) is 2.25. The second-order valence-electron chi connectivity index (χ2n) is 5.50. The van der Waals surface area contributed by atoms with Gasteiger partial charge in [-0.2, -0.15) is 0 Å². The Labute approximate surface area is 163 Å². The summed E-state index contributed by atoms with van der Waals surface area (Å²) in [6, 6.07) is 11.3. The standard InChI is InChI=1S/C18H14ClN3O4S/c1-26-16-7-6-12(22(24)25)9-14(16)17(23)21-18-20-10-13(27-18)8-11-4-2-3-5-15(11)19/h2-7,9-10H,8H2,1H3,(H,20,21,23). The van der Waals surface area contributed by atoms with Crippen molar-refractivity contribution < 1.29 is 14.5 Å². The zero-order valence-electron chi connectivity index (χ0n) is 14.1. The number of thiazole rings is 1. The first-order valence-electron chi connectivity index (χ1n) is 7.80. The summed E-state index contributed by atoms with van der Waals surface area (Å²) in [5, 5.41) is 14.7. The van der Waals surface area contributed by atoms with E-state index in [0.717, 1.165) is 10.4 Å². The smallest absolute Gasteiger partial charge is 0.270 e. The minimum Gasteiger partial charge on any atom is -0.496 e. The Morgan fingerprint density at radius 2 is 2.11 bits per heavy atom. The number of nitrogens with zero attached hydrogens (tertiary/aromatic N) is 2. The zero-order chi connectivity index (χ0) is 19.4. The third-order valence-electron chi connectivity index (χ3n) is 3.74. The topological polar surface area (TPSA) is 94.4 Å². The molecule has 0 aliphatic heterocycles. The van der Waals surface area contributed by atoms with Gasteiger partial charge >= 0.3 is 0 Å². The molecule has 1 heterocycles. The number of methoxy groups -OCH3 is 1. The average molecular weight is 404 g/mol. The third kappa shape index (κ3) is 4.42. The van der Waals surface area contributed by atoms with E-state index in [2.05, 4.69) is 10.3 Å². The molecule has 7 nitrogen and oxygen atoms in total. The molecule has 0 radical (unpaired) electrons. The maximum absolute atomic E-state index is 12.5. The number of non-ortho nitro benzene ring substituents is 1. The van der Waals surface area contributed by atoms with Gasteiger partial charge in [0.1, 0.15) is 5.75 Å². The minimum atomic E-state index is -0.568. The van der Waals surface area contributed by atoms with Crippen molar-refractivity contribution in [2.24, 2.45) is 0 Å². The molecule has 0 saturated carbocycles. The van der Waals surface area contributed by atoms with Crippen LogP contribution < -0.4 is 10.1 Å². The van der Waals surface area contributed by atoms with Crippen molar-refractivity contribution in [2.45, 2.75) is 6.42 Å². The van der Waals surface area contributed by atoms with E-state index in [9.17, 15) is 14.9 Å². The Balaban J connectivity index is 1.77. The molecule has 1 amide bonds. The highest BCUT2D eigenvalue weighted by atomic mass is 35.5. The molecule has 138 valence electrons. The van der Waals surface area contributed by atoms with Gasteiger partial charge in [0.05, 0.1) is 17.6 Å². The Kier molecular flexibility index (Phi) is 5.68. The second-order valence-corrected chi connectivity index (χ2v) is 7.02. The van der Waals surface area contributed by atoms with E-state index in [0.29, 0.717) is 16.6 Å². The predicted octanol–water partition coefficient (Wildman–Crippen LogP) is 4.56. The number of nitro groups is 1. The van der Waals surface area contributed by atoms with E-state index in [-0.39, 0.29) is 17.0 Å². The van der Waals surface area contributed by atoms with Gasteiger partial charge in [0.15, 0.2) is 5.13 Å². The van der Waals surface area contributed by atoms with Crippen molar-refractivity contribution >= 4 is 39.7 Å². The summed E-state index contributed by atoms with van der Waals surface area (Å²) in [4.78, 5) is 28.0. The monoisotopic (exact) mass is 403 g/mol. The largest absolute Gasteiger partial charge is 0.496 e. The summed E-state index contributed by atoms with van der Waals surface area (Å²) >= 11 is 7.47. The molecule has 2 aromatic carbocycles. The van der Waals surface area contributed by atoms with Crippen molar-refractivity contribution in [3.63, 3.8) is 0 Å². The van der Waals surface area contributed by atoms with E-state index < -0.39 is 10.8 Å². The second kappa shape index (κ2) is 8.15. The fourth-order valence-electron chi connectivity index (χ4n) is 2.43. The summed E-state index contributed by atoms with van der Waals surface area (Å²) in [7, 11) is 1.39. The normalized spacial score (nSPS) is 10.4.